The van der Waals surface area contributed by atoms with Crippen LogP contribution in [0.3, 0.4) is 0 Å². The van der Waals surface area contributed by atoms with Gasteiger partial charge in [-0.15, -0.1) is 0 Å². The Morgan fingerprint density at radius 1 is 1.13 bits per heavy atom. The standard InChI is InChI=1S/C19H19NO3/c1-12-6-7-16-10-15(8-9-18(16)20(12)13(2)21)14-4-3-5-17(11-14)19(22)23/h3-5,8-12H,6-7H2,1-2H3,(H,22,23)/t12-/m0/s1. The summed E-state index contributed by atoms with van der Waals surface area (Å²) < 4.78 is 0. The lowest BCUT2D eigenvalue weighted by Crippen LogP contribution is -2.40. The third kappa shape index (κ3) is 2.84. The first-order valence-electron chi connectivity index (χ1n) is 7.74. The van der Waals surface area contributed by atoms with Gasteiger partial charge in [-0.2, -0.15) is 0 Å². The van der Waals surface area contributed by atoms with E-state index in [0.717, 1.165) is 35.2 Å². The molecule has 3 rings (SSSR count). The van der Waals surface area contributed by atoms with Gasteiger partial charge in [0.2, 0.25) is 5.91 Å². The molecule has 1 aliphatic rings. The van der Waals surface area contributed by atoms with Crippen LogP contribution in [0.2, 0.25) is 0 Å². The highest BCUT2D eigenvalue weighted by atomic mass is 16.4. The third-order valence-electron chi connectivity index (χ3n) is 4.39. The molecule has 1 atom stereocenters. The summed E-state index contributed by atoms with van der Waals surface area (Å²) in [6.45, 7) is 3.66. The van der Waals surface area contributed by atoms with Crippen molar-refractivity contribution in [1.82, 2.24) is 0 Å². The van der Waals surface area contributed by atoms with E-state index < -0.39 is 5.97 Å². The Bertz CT molecular complexity index is 782. The molecule has 1 amide bonds. The Morgan fingerprint density at radius 2 is 1.87 bits per heavy atom. The smallest absolute Gasteiger partial charge is 0.335 e. The number of aromatic carboxylic acids is 1. The fourth-order valence-corrected chi connectivity index (χ4v) is 3.24. The summed E-state index contributed by atoms with van der Waals surface area (Å²) in [5, 5.41) is 9.13. The van der Waals surface area contributed by atoms with Gasteiger partial charge in [-0.3, -0.25) is 4.79 Å². The highest BCUT2D eigenvalue weighted by Crippen LogP contribution is 2.34. The van der Waals surface area contributed by atoms with Crippen LogP contribution in [0.25, 0.3) is 11.1 Å². The lowest BCUT2D eigenvalue weighted by molar-refractivity contribution is -0.117. The Labute approximate surface area is 135 Å². The van der Waals surface area contributed by atoms with Crippen LogP contribution in [-0.4, -0.2) is 23.0 Å². The number of carboxylic acids is 1. The number of hydrogen-bond acceptors (Lipinski definition) is 2. The zero-order valence-corrected chi connectivity index (χ0v) is 13.2. The van der Waals surface area contributed by atoms with Crippen molar-refractivity contribution in [3.63, 3.8) is 0 Å². The van der Waals surface area contributed by atoms with Crippen LogP contribution in [0.15, 0.2) is 42.5 Å². The van der Waals surface area contributed by atoms with Gasteiger partial charge >= 0.3 is 5.97 Å². The van der Waals surface area contributed by atoms with Crippen LogP contribution in [0.5, 0.6) is 0 Å². The van der Waals surface area contributed by atoms with Gasteiger partial charge in [0.25, 0.3) is 0 Å². The monoisotopic (exact) mass is 309 g/mol. The zero-order chi connectivity index (χ0) is 16.6. The number of rotatable bonds is 2. The number of fused-ring (bicyclic) bond motifs is 1. The van der Waals surface area contributed by atoms with Crippen LogP contribution < -0.4 is 4.90 Å². The van der Waals surface area contributed by atoms with Crippen LogP contribution in [0, 0.1) is 0 Å². The first-order valence-corrected chi connectivity index (χ1v) is 7.74. The van der Waals surface area contributed by atoms with Crippen molar-refractivity contribution in [1.29, 1.82) is 0 Å². The van der Waals surface area contributed by atoms with Gasteiger partial charge in [-0.1, -0.05) is 18.2 Å². The number of carbonyl (C=O) groups is 2. The molecule has 1 heterocycles. The Hall–Kier alpha value is -2.62. The predicted molar refractivity (Wildman–Crippen MR) is 89.8 cm³/mol. The zero-order valence-electron chi connectivity index (χ0n) is 13.2. The molecule has 0 saturated heterocycles. The number of nitrogens with zero attached hydrogens (tertiary/aromatic N) is 1. The number of hydrogen-bond donors (Lipinski definition) is 1. The molecular weight excluding hydrogens is 290 g/mol. The molecule has 0 aromatic heterocycles. The number of anilines is 1. The predicted octanol–water partition coefficient (Wildman–Crippen LogP) is 3.74. The summed E-state index contributed by atoms with van der Waals surface area (Å²) in [6, 6.07) is 13.1. The Balaban J connectivity index is 2.03. The number of carbonyl (C=O) groups excluding carboxylic acids is 1. The molecule has 0 saturated carbocycles. The lowest BCUT2D eigenvalue weighted by Gasteiger charge is -2.34. The minimum Gasteiger partial charge on any atom is -0.478 e. The van der Waals surface area contributed by atoms with E-state index in [1.54, 1.807) is 25.1 Å². The summed E-state index contributed by atoms with van der Waals surface area (Å²) in [7, 11) is 0. The van der Waals surface area contributed by atoms with Crippen molar-refractivity contribution in [2.45, 2.75) is 32.7 Å². The molecule has 0 fully saturated rings. The quantitative estimate of drug-likeness (QED) is 0.919. The summed E-state index contributed by atoms with van der Waals surface area (Å²) in [5.41, 5.74) is 4.23. The SMILES string of the molecule is CC(=O)N1c2ccc(-c3cccc(C(=O)O)c3)cc2CC[C@@H]1C. The van der Waals surface area contributed by atoms with Crippen LogP contribution >= 0.6 is 0 Å². The molecule has 0 aliphatic carbocycles. The summed E-state index contributed by atoms with van der Waals surface area (Å²) in [4.78, 5) is 24.9. The lowest BCUT2D eigenvalue weighted by atomic mass is 9.92. The van der Waals surface area contributed by atoms with Crippen LogP contribution in [0.4, 0.5) is 5.69 Å². The van der Waals surface area contributed by atoms with Crippen molar-refractivity contribution in [2.24, 2.45) is 0 Å². The van der Waals surface area contributed by atoms with E-state index in [1.165, 1.54) is 0 Å². The molecule has 0 radical (unpaired) electrons. The van der Waals surface area contributed by atoms with Gasteiger partial charge in [0.05, 0.1) is 5.56 Å². The van der Waals surface area contributed by atoms with Crippen molar-refractivity contribution in [2.75, 3.05) is 4.90 Å². The topological polar surface area (TPSA) is 57.6 Å². The van der Waals surface area contributed by atoms with E-state index in [4.69, 9.17) is 5.11 Å². The average Bonchev–Trinajstić information content (AvgIpc) is 2.54. The van der Waals surface area contributed by atoms with Crippen molar-refractivity contribution < 1.29 is 14.7 Å². The number of amides is 1. The molecular formula is C19H19NO3. The normalized spacial score (nSPS) is 16.8. The van der Waals surface area contributed by atoms with E-state index in [0.29, 0.717) is 0 Å². The molecule has 0 bridgehead atoms. The fraction of sp³-hybridized carbons (Fsp3) is 0.263. The molecule has 118 valence electrons. The third-order valence-corrected chi connectivity index (χ3v) is 4.39. The van der Waals surface area contributed by atoms with E-state index >= 15 is 0 Å². The maximum atomic E-state index is 11.9. The molecule has 2 aromatic carbocycles. The molecule has 2 aromatic rings. The van der Waals surface area contributed by atoms with E-state index in [-0.39, 0.29) is 17.5 Å². The average molecular weight is 309 g/mol. The van der Waals surface area contributed by atoms with Gasteiger partial charge in [-0.25, -0.2) is 4.79 Å². The largest absolute Gasteiger partial charge is 0.478 e. The molecule has 1 aliphatic heterocycles. The number of carboxylic acid groups (broad SMARTS) is 1. The van der Waals surface area contributed by atoms with Gasteiger partial charge < -0.3 is 10.0 Å². The van der Waals surface area contributed by atoms with Crippen LogP contribution in [0.1, 0.15) is 36.2 Å². The minimum atomic E-state index is -0.929. The summed E-state index contributed by atoms with van der Waals surface area (Å²) >= 11 is 0. The van der Waals surface area contributed by atoms with Crippen molar-refractivity contribution in [3.8, 4) is 11.1 Å². The molecule has 23 heavy (non-hydrogen) atoms. The van der Waals surface area contributed by atoms with Crippen LogP contribution in [-0.2, 0) is 11.2 Å². The minimum absolute atomic E-state index is 0.0547. The maximum Gasteiger partial charge on any atom is 0.335 e. The molecule has 4 heteroatoms. The van der Waals surface area contributed by atoms with E-state index in [2.05, 4.69) is 13.0 Å². The highest BCUT2D eigenvalue weighted by Gasteiger charge is 2.26. The van der Waals surface area contributed by atoms with Crippen molar-refractivity contribution >= 4 is 17.6 Å². The summed E-state index contributed by atoms with van der Waals surface area (Å²) in [6.07, 6.45) is 1.86. The maximum absolute atomic E-state index is 11.9. The van der Waals surface area contributed by atoms with Gasteiger partial charge in [0, 0.05) is 18.7 Å². The molecule has 0 unspecified atom stereocenters. The van der Waals surface area contributed by atoms with Crippen molar-refractivity contribution in [3.05, 3.63) is 53.6 Å². The Kier molecular flexibility index (Phi) is 3.90. The van der Waals surface area contributed by atoms with Gasteiger partial charge in [-0.05, 0) is 60.7 Å². The number of aryl methyl sites for hydroxylation is 1. The highest BCUT2D eigenvalue weighted by molar-refractivity contribution is 5.94. The van der Waals surface area contributed by atoms with Gasteiger partial charge in [0.1, 0.15) is 0 Å². The Morgan fingerprint density at radius 3 is 2.57 bits per heavy atom. The second kappa shape index (κ2) is 5.88. The van der Waals surface area contributed by atoms with Gasteiger partial charge in [0.15, 0.2) is 0 Å². The summed E-state index contributed by atoms with van der Waals surface area (Å²) in [5.74, 6) is -0.875. The first-order chi connectivity index (χ1) is 11.0. The first kappa shape index (κ1) is 15.3. The van der Waals surface area contributed by atoms with E-state index in [9.17, 15) is 9.59 Å². The van der Waals surface area contributed by atoms with E-state index in [1.807, 2.05) is 23.1 Å². The molecule has 1 N–H and O–H groups in total. The molecule has 4 nitrogen and oxygen atoms in total. The fourth-order valence-electron chi connectivity index (χ4n) is 3.24. The number of benzene rings is 2. The molecule has 0 spiro atoms. The second-order valence-corrected chi connectivity index (χ2v) is 6.01. The second-order valence-electron chi connectivity index (χ2n) is 6.01.